The molecule has 98 valence electrons. The summed E-state index contributed by atoms with van der Waals surface area (Å²) in [4.78, 5) is 12.3. The lowest BCUT2D eigenvalue weighted by molar-refractivity contribution is -0.126. The molecule has 3 nitrogen and oxygen atoms in total. The molecule has 1 aliphatic rings. The van der Waals surface area contributed by atoms with Crippen LogP contribution in [0.15, 0.2) is 24.3 Å². The van der Waals surface area contributed by atoms with Crippen LogP contribution >= 0.6 is 0 Å². The summed E-state index contributed by atoms with van der Waals surface area (Å²) in [5.74, 6) is 0.240. The average molecular weight is 246 g/mol. The van der Waals surface area contributed by atoms with Crippen molar-refractivity contribution in [3.63, 3.8) is 0 Å². The lowest BCUT2D eigenvalue weighted by Gasteiger charge is -2.27. The summed E-state index contributed by atoms with van der Waals surface area (Å²) in [7, 11) is 0. The van der Waals surface area contributed by atoms with Crippen molar-refractivity contribution >= 4 is 5.91 Å². The predicted molar refractivity (Wildman–Crippen MR) is 73.2 cm³/mol. The zero-order valence-corrected chi connectivity index (χ0v) is 11.2. The van der Waals surface area contributed by atoms with Gasteiger partial charge in [-0.15, -0.1) is 0 Å². The molecule has 1 amide bonds. The summed E-state index contributed by atoms with van der Waals surface area (Å²) in [5, 5.41) is 3.12. The summed E-state index contributed by atoms with van der Waals surface area (Å²) in [6.45, 7) is 4.65. The summed E-state index contributed by atoms with van der Waals surface area (Å²) in [6.07, 6.45) is 2.53. The molecule has 1 aromatic rings. The summed E-state index contributed by atoms with van der Waals surface area (Å²) < 4.78 is 0. The number of carbonyl (C=O) groups excluding carboxylic acids is 1. The molecule has 2 rings (SSSR count). The van der Waals surface area contributed by atoms with Crippen LogP contribution in [0, 0.1) is 5.92 Å². The Labute approximate surface area is 109 Å². The van der Waals surface area contributed by atoms with Gasteiger partial charge in [0.15, 0.2) is 0 Å². The van der Waals surface area contributed by atoms with E-state index in [0.717, 1.165) is 19.3 Å². The van der Waals surface area contributed by atoms with E-state index in [1.165, 1.54) is 11.1 Å². The van der Waals surface area contributed by atoms with Gasteiger partial charge < -0.3 is 11.1 Å². The highest BCUT2D eigenvalue weighted by atomic mass is 16.2. The summed E-state index contributed by atoms with van der Waals surface area (Å²) in [5.41, 5.74) is 7.98. The Morgan fingerprint density at radius 3 is 2.39 bits per heavy atom. The molecule has 3 heteroatoms. The minimum atomic E-state index is -0.208. The Morgan fingerprint density at radius 2 is 1.89 bits per heavy atom. The van der Waals surface area contributed by atoms with Crippen molar-refractivity contribution in [3.8, 4) is 0 Å². The second-order valence-electron chi connectivity index (χ2n) is 5.79. The van der Waals surface area contributed by atoms with Gasteiger partial charge in [-0.25, -0.2) is 0 Å². The Balaban J connectivity index is 1.97. The van der Waals surface area contributed by atoms with Crippen molar-refractivity contribution in [1.29, 1.82) is 0 Å². The van der Waals surface area contributed by atoms with Crippen molar-refractivity contribution in [3.05, 3.63) is 35.4 Å². The van der Waals surface area contributed by atoms with Crippen molar-refractivity contribution in [1.82, 2.24) is 5.32 Å². The van der Waals surface area contributed by atoms with E-state index in [1.54, 1.807) is 0 Å². The molecule has 0 unspecified atom stereocenters. The van der Waals surface area contributed by atoms with Crippen molar-refractivity contribution in [2.24, 2.45) is 11.7 Å². The van der Waals surface area contributed by atoms with Crippen LogP contribution in [0.25, 0.3) is 0 Å². The van der Waals surface area contributed by atoms with Gasteiger partial charge in [0, 0.05) is 11.5 Å². The van der Waals surface area contributed by atoms with Gasteiger partial charge in [-0.05, 0) is 50.8 Å². The van der Waals surface area contributed by atoms with Crippen molar-refractivity contribution in [2.75, 3.05) is 6.54 Å². The molecule has 0 aliphatic heterocycles. The van der Waals surface area contributed by atoms with Crippen LogP contribution in [0.5, 0.6) is 0 Å². The number of nitrogens with two attached hydrogens (primary N) is 1. The van der Waals surface area contributed by atoms with Crippen LogP contribution in [-0.4, -0.2) is 18.0 Å². The first-order chi connectivity index (χ1) is 8.52. The molecule has 0 fully saturated rings. The number of hydrogen-bond donors (Lipinski definition) is 2. The fourth-order valence-corrected chi connectivity index (χ4v) is 2.60. The first-order valence-corrected chi connectivity index (χ1v) is 6.61. The maximum absolute atomic E-state index is 12.3. The molecule has 0 saturated heterocycles. The van der Waals surface area contributed by atoms with Crippen LogP contribution in [0.1, 0.15) is 31.4 Å². The van der Waals surface area contributed by atoms with Crippen LogP contribution in [0.2, 0.25) is 0 Å². The molecule has 3 N–H and O–H groups in total. The number of hydrogen-bond acceptors (Lipinski definition) is 2. The highest BCUT2D eigenvalue weighted by Gasteiger charge is 2.30. The summed E-state index contributed by atoms with van der Waals surface area (Å²) >= 11 is 0. The third-order valence-electron chi connectivity index (χ3n) is 3.65. The van der Waals surface area contributed by atoms with Crippen molar-refractivity contribution in [2.45, 2.75) is 38.6 Å². The smallest absolute Gasteiger partial charge is 0.224 e. The Kier molecular flexibility index (Phi) is 3.71. The highest BCUT2D eigenvalue weighted by molar-refractivity contribution is 5.81. The van der Waals surface area contributed by atoms with E-state index < -0.39 is 0 Å². The lowest BCUT2D eigenvalue weighted by atomic mass is 9.98. The zero-order valence-electron chi connectivity index (χ0n) is 11.2. The van der Waals surface area contributed by atoms with E-state index in [2.05, 4.69) is 17.4 Å². The molecule has 0 spiro atoms. The number of fused-ring (bicyclic) bond motifs is 1. The van der Waals surface area contributed by atoms with Gasteiger partial charge in [0.05, 0.1) is 0 Å². The van der Waals surface area contributed by atoms with E-state index in [1.807, 2.05) is 26.0 Å². The Morgan fingerprint density at radius 1 is 1.33 bits per heavy atom. The molecule has 0 radical (unpaired) electrons. The maximum atomic E-state index is 12.3. The fraction of sp³-hybridized carbons (Fsp3) is 0.533. The van der Waals surface area contributed by atoms with Crippen LogP contribution in [0.3, 0.4) is 0 Å². The SMILES string of the molecule is CC(C)(CCN)NC(=O)C1Cc2ccccc2C1. The predicted octanol–water partition coefficient (Wildman–Crippen LogP) is 1.65. The molecule has 18 heavy (non-hydrogen) atoms. The minimum Gasteiger partial charge on any atom is -0.351 e. The topological polar surface area (TPSA) is 55.1 Å². The maximum Gasteiger partial charge on any atom is 0.224 e. The molecule has 1 aromatic carbocycles. The van der Waals surface area contributed by atoms with E-state index in [-0.39, 0.29) is 17.4 Å². The first kappa shape index (κ1) is 13.1. The molecule has 0 atom stereocenters. The van der Waals surface area contributed by atoms with Gasteiger partial charge in [0.1, 0.15) is 0 Å². The van der Waals surface area contributed by atoms with Gasteiger partial charge >= 0.3 is 0 Å². The van der Waals surface area contributed by atoms with Crippen LogP contribution in [0.4, 0.5) is 0 Å². The lowest BCUT2D eigenvalue weighted by Crippen LogP contribution is -2.47. The van der Waals surface area contributed by atoms with E-state index in [0.29, 0.717) is 6.54 Å². The largest absolute Gasteiger partial charge is 0.351 e. The van der Waals surface area contributed by atoms with Crippen molar-refractivity contribution < 1.29 is 4.79 Å². The minimum absolute atomic E-state index is 0.0828. The third-order valence-corrected chi connectivity index (χ3v) is 3.65. The Hall–Kier alpha value is -1.35. The van der Waals surface area contributed by atoms with Gasteiger partial charge in [-0.2, -0.15) is 0 Å². The highest BCUT2D eigenvalue weighted by Crippen LogP contribution is 2.27. The average Bonchev–Trinajstić information content (AvgIpc) is 2.71. The van der Waals surface area contributed by atoms with Gasteiger partial charge in [0.2, 0.25) is 5.91 Å². The quantitative estimate of drug-likeness (QED) is 0.848. The zero-order chi connectivity index (χ0) is 13.2. The standard InChI is InChI=1S/C15H22N2O/c1-15(2,7-8-16)17-14(18)13-9-11-5-3-4-6-12(11)10-13/h3-6,13H,7-10,16H2,1-2H3,(H,17,18). The van der Waals surface area contributed by atoms with Crippen LogP contribution < -0.4 is 11.1 Å². The molecule has 0 saturated carbocycles. The number of carbonyl (C=O) groups is 1. The fourth-order valence-electron chi connectivity index (χ4n) is 2.60. The number of nitrogens with one attached hydrogen (secondary N) is 1. The molecule has 0 aromatic heterocycles. The van der Waals surface area contributed by atoms with Crippen LogP contribution in [-0.2, 0) is 17.6 Å². The molecular weight excluding hydrogens is 224 g/mol. The molecule has 1 aliphatic carbocycles. The molecule has 0 heterocycles. The number of amides is 1. The number of benzene rings is 1. The van der Waals surface area contributed by atoms with E-state index in [4.69, 9.17) is 5.73 Å². The van der Waals surface area contributed by atoms with E-state index >= 15 is 0 Å². The first-order valence-electron chi connectivity index (χ1n) is 6.61. The molecule has 0 bridgehead atoms. The van der Waals surface area contributed by atoms with Gasteiger partial charge in [-0.3, -0.25) is 4.79 Å². The molecular formula is C15H22N2O. The second-order valence-corrected chi connectivity index (χ2v) is 5.79. The third kappa shape index (κ3) is 2.91. The van der Waals surface area contributed by atoms with Gasteiger partial charge in [0.25, 0.3) is 0 Å². The second kappa shape index (κ2) is 5.11. The van der Waals surface area contributed by atoms with Gasteiger partial charge in [-0.1, -0.05) is 24.3 Å². The Bertz CT molecular complexity index is 415. The monoisotopic (exact) mass is 246 g/mol. The summed E-state index contributed by atoms with van der Waals surface area (Å²) in [6, 6.07) is 8.32. The normalized spacial score (nSPS) is 15.5. The van der Waals surface area contributed by atoms with E-state index in [9.17, 15) is 4.79 Å². The number of rotatable bonds is 4.